The van der Waals surface area contributed by atoms with Gasteiger partial charge in [0.1, 0.15) is 6.61 Å². The molecule has 3 saturated heterocycles. The van der Waals surface area contributed by atoms with E-state index in [1.54, 1.807) is 23.1 Å². The van der Waals surface area contributed by atoms with Crippen molar-refractivity contribution in [2.24, 2.45) is 11.3 Å². The Labute approximate surface area is 197 Å². The average Bonchev–Trinajstić information content (AvgIpc) is 3.25. The van der Waals surface area contributed by atoms with Crippen LogP contribution < -0.4 is 16.4 Å². The summed E-state index contributed by atoms with van der Waals surface area (Å²) in [4.78, 5) is 29.3. The molecule has 3 aliphatic heterocycles. The highest BCUT2D eigenvalue weighted by atomic mass is 35.5. The Morgan fingerprint density at radius 2 is 1.78 bits per heavy atom. The molecule has 1 spiro atoms. The van der Waals surface area contributed by atoms with Crippen LogP contribution in [0, 0.1) is 11.3 Å². The lowest BCUT2D eigenvalue weighted by molar-refractivity contribution is -0.152. The van der Waals surface area contributed by atoms with Crippen LogP contribution >= 0.6 is 23.2 Å². The predicted octanol–water partition coefficient (Wildman–Crippen LogP) is 2.70. The molecule has 1 saturated carbocycles. The number of carbonyl (C=O) groups is 2. The molecule has 3 atom stereocenters. The second-order valence-corrected chi connectivity index (χ2v) is 10.4. The van der Waals surface area contributed by atoms with Crippen molar-refractivity contribution >= 4 is 35.2 Å². The Bertz CT molecular complexity index is 884. The minimum absolute atomic E-state index is 0.110. The molecule has 1 aliphatic carbocycles. The van der Waals surface area contributed by atoms with E-state index in [0.717, 1.165) is 50.8 Å². The molecule has 3 N–H and O–H groups in total. The summed E-state index contributed by atoms with van der Waals surface area (Å²) in [6.45, 7) is 3.12. The fourth-order valence-corrected chi connectivity index (χ4v) is 5.80. The highest BCUT2D eigenvalue weighted by Gasteiger charge is 2.49. The molecule has 2 amide bonds. The van der Waals surface area contributed by atoms with Gasteiger partial charge in [-0.15, -0.1) is 0 Å². The van der Waals surface area contributed by atoms with Gasteiger partial charge in [-0.3, -0.25) is 4.79 Å². The molecule has 174 valence electrons. The number of benzene rings is 1. The number of fused-ring (bicyclic) bond motifs is 1. The van der Waals surface area contributed by atoms with Crippen molar-refractivity contribution in [1.82, 2.24) is 26.2 Å². The van der Waals surface area contributed by atoms with E-state index in [1.165, 1.54) is 0 Å². The van der Waals surface area contributed by atoms with Gasteiger partial charge in [-0.25, -0.2) is 15.6 Å². The standard InChI is InChI=1S/C22H29Cl2N5O3/c23-16-3-1-14(9-17(16)24)11-32-21(31)28-7-5-22(6-8-28)12-29(13-22)20(30)15-2-4-18-19(10-15)26-27-25-18/h1,3,9,15,18-19,25-27H,2,4-8,10-13H2. The molecule has 3 unspecified atom stereocenters. The van der Waals surface area contributed by atoms with Crippen molar-refractivity contribution < 1.29 is 14.3 Å². The molecule has 1 aromatic carbocycles. The fraction of sp³-hybridized carbons (Fsp3) is 0.636. The van der Waals surface area contributed by atoms with Crippen molar-refractivity contribution in [3.8, 4) is 0 Å². The highest BCUT2D eigenvalue weighted by Crippen LogP contribution is 2.42. The van der Waals surface area contributed by atoms with E-state index in [9.17, 15) is 9.59 Å². The van der Waals surface area contributed by atoms with E-state index in [2.05, 4.69) is 16.4 Å². The van der Waals surface area contributed by atoms with E-state index >= 15 is 0 Å². The lowest BCUT2D eigenvalue weighted by Gasteiger charge is -2.54. The maximum absolute atomic E-state index is 13.0. The number of nitrogens with zero attached hydrogens (tertiary/aromatic N) is 2. The van der Waals surface area contributed by atoms with Crippen molar-refractivity contribution in [2.75, 3.05) is 26.2 Å². The number of rotatable bonds is 3. The molecule has 1 aromatic rings. The fourth-order valence-electron chi connectivity index (χ4n) is 5.48. The Balaban J connectivity index is 1.06. The molecular weight excluding hydrogens is 453 g/mol. The van der Waals surface area contributed by atoms with Crippen molar-refractivity contribution in [3.63, 3.8) is 0 Å². The van der Waals surface area contributed by atoms with Gasteiger partial charge >= 0.3 is 6.09 Å². The number of ether oxygens (including phenoxy) is 1. The van der Waals surface area contributed by atoms with Crippen LogP contribution in [0.1, 0.15) is 37.7 Å². The Morgan fingerprint density at radius 3 is 2.53 bits per heavy atom. The first kappa shape index (κ1) is 22.2. The smallest absolute Gasteiger partial charge is 0.410 e. The maximum atomic E-state index is 13.0. The van der Waals surface area contributed by atoms with Gasteiger partial charge in [0.15, 0.2) is 0 Å². The van der Waals surface area contributed by atoms with E-state index < -0.39 is 0 Å². The van der Waals surface area contributed by atoms with E-state index in [1.807, 2.05) is 4.90 Å². The van der Waals surface area contributed by atoms with E-state index in [-0.39, 0.29) is 24.0 Å². The van der Waals surface area contributed by atoms with Gasteiger partial charge in [0.25, 0.3) is 0 Å². The number of likely N-dealkylation sites (tertiary alicyclic amines) is 2. The maximum Gasteiger partial charge on any atom is 0.410 e. The summed E-state index contributed by atoms with van der Waals surface area (Å²) in [6.07, 6.45) is 4.34. The molecular formula is C22H29Cl2N5O3. The molecule has 10 heteroatoms. The van der Waals surface area contributed by atoms with Crippen LogP contribution in [0.5, 0.6) is 0 Å². The Kier molecular flexibility index (Phi) is 6.24. The largest absolute Gasteiger partial charge is 0.445 e. The summed E-state index contributed by atoms with van der Waals surface area (Å²) in [5, 5.41) is 0.929. The first-order chi connectivity index (χ1) is 15.4. The molecule has 8 nitrogen and oxygen atoms in total. The molecule has 32 heavy (non-hydrogen) atoms. The molecule has 0 aromatic heterocycles. The average molecular weight is 482 g/mol. The third-order valence-corrected chi connectivity index (χ3v) is 8.25. The Morgan fingerprint density at radius 1 is 1.03 bits per heavy atom. The van der Waals surface area contributed by atoms with Crippen LogP contribution in [0.4, 0.5) is 4.79 Å². The normalized spacial score (nSPS) is 28.9. The first-order valence-corrected chi connectivity index (χ1v) is 12.1. The highest BCUT2D eigenvalue weighted by molar-refractivity contribution is 6.42. The zero-order valence-electron chi connectivity index (χ0n) is 17.9. The van der Waals surface area contributed by atoms with Crippen molar-refractivity contribution in [3.05, 3.63) is 33.8 Å². The van der Waals surface area contributed by atoms with E-state index in [4.69, 9.17) is 27.9 Å². The lowest BCUT2D eigenvalue weighted by Crippen LogP contribution is -2.63. The van der Waals surface area contributed by atoms with Gasteiger partial charge in [0.2, 0.25) is 5.91 Å². The molecule has 0 radical (unpaired) electrons. The van der Waals surface area contributed by atoms with Gasteiger partial charge < -0.3 is 14.5 Å². The first-order valence-electron chi connectivity index (χ1n) is 11.3. The van der Waals surface area contributed by atoms with Gasteiger partial charge in [-0.1, -0.05) is 29.3 Å². The van der Waals surface area contributed by atoms with Crippen LogP contribution in [0.2, 0.25) is 10.0 Å². The number of halogens is 2. The number of nitrogens with one attached hydrogen (secondary N) is 3. The second kappa shape index (κ2) is 8.99. The zero-order chi connectivity index (χ0) is 22.3. The number of amides is 2. The summed E-state index contributed by atoms with van der Waals surface area (Å²) in [5.74, 6) is 0.408. The SMILES string of the molecule is O=C(OCc1ccc(Cl)c(Cl)c1)N1CCC2(CC1)CN(C(=O)C1CCC3NNNC3C1)C2. The minimum Gasteiger partial charge on any atom is -0.445 e. The van der Waals surface area contributed by atoms with Gasteiger partial charge in [0, 0.05) is 49.6 Å². The van der Waals surface area contributed by atoms with Gasteiger partial charge in [-0.05, 0) is 49.8 Å². The van der Waals surface area contributed by atoms with Gasteiger partial charge in [-0.2, -0.15) is 5.53 Å². The summed E-state index contributed by atoms with van der Waals surface area (Å²) in [6, 6.07) is 5.96. The summed E-state index contributed by atoms with van der Waals surface area (Å²) in [5.41, 5.74) is 10.4. The summed E-state index contributed by atoms with van der Waals surface area (Å²) in [7, 11) is 0. The number of piperidine rings is 1. The number of hydrazine groups is 2. The van der Waals surface area contributed by atoms with E-state index in [0.29, 0.717) is 41.1 Å². The van der Waals surface area contributed by atoms with Crippen molar-refractivity contribution in [1.29, 1.82) is 0 Å². The molecule has 4 fully saturated rings. The second-order valence-electron chi connectivity index (χ2n) is 9.62. The minimum atomic E-state index is -0.304. The summed E-state index contributed by atoms with van der Waals surface area (Å²) >= 11 is 11.9. The van der Waals surface area contributed by atoms with Crippen LogP contribution in [0.25, 0.3) is 0 Å². The number of hydrogen-bond donors (Lipinski definition) is 3. The Hall–Kier alpha value is -1.58. The third-order valence-electron chi connectivity index (χ3n) is 7.51. The van der Waals surface area contributed by atoms with Crippen LogP contribution in [0.3, 0.4) is 0 Å². The van der Waals surface area contributed by atoms with Crippen LogP contribution in [-0.2, 0) is 16.1 Å². The lowest BCUT2D eigenvalue weighted by atomic mass is 9.71. The van der Waals surface area contributed by atoms with Crippen LogP contribution in [0.15, 0.2) is 18.2 Å². The molecule has 4 aliphatic rings. The molecule has 3 heterocycles. The van der Waals surface area contributed by atoms with Crippen molar-refractivity contribution in [2.45, 2.75) is 50.8 Å². The van der Waals surface area contributed by atoms with Gasteiger partial charge in [0.05, 0.1) is 10.0 Å². The zero-order valence-corrected chi connectivity index (χ0v) is 19.4. The molecule has 0 bridgehead atoms. The number of hydrogen-bond acceptors (Lipinski definition) is 6. The van der Waals surface area contributed by atoms with Crippen LogP contribution in [-0.4, -0.2) is 60.1 Å². The quantitative estimate of drug-likeness (QED) is 0.615. The number of carbonyl (C=O) groups excluding carboxylic acids is 2. The molecule has 5 rings (SSSR count). The topological polar surface area (TPSA) is 85.9 Å². The summed E-state index contributed by atoms with van der Waals surface area (Å²) < 4.78 is 5.46. The predicted molar refractivity (Wildman–Crippen MR) is 121 cm³/mol. The monoisotopic (exact) mass is 481 g/mol. The third kappa shape index (κ3) is 4.43.